The van der Waals surface area contributed by atoms with Crippen LogP contribution in [0.5, 0.6) is 0 Å². The van der Waals surface area contributed by atoms with E-state index in [4.69, 9.17) is 10.2 Å². The van der Waals surface area contributed by atoms with Crippen LogP contribution in [0.25, 0.3) is 0 Å². The van der Waals surface area contributed by atoms with Crippen LogP contribution in [0, 0.1) is 0 Å². The summed E-state index contributed by atoms with van der Waals surface area (Å²) in [5.74, 6) is -1.17. The molecule has 0 rings (SSSR count). The molecule has 0 amide bonds. The van der Waals surface area contributed by atoms with Gasteiger partial charge in [-0.05, 0) is 19.3 Å². The Labute approximate surface area is 141 Å². The fourth-order valence-electron chi connectivity index (χ4n) is 2.69. The maximum Gasteiger partial charge on any atom is 0.395 e. The van der Waals surface area contributed by atoms with Crippen molar-refractivity contribution >= 4 is 5.97 Å². The van der Waals surface area contributed by atoms with E-state index in [2.05, 4.69) is 0 Å². The standard InChI is InChI=1S/C18H37NO4/c1-18(23,17(21)22)19(2,3)15-13-11-9-7-5-4-6-8-10-12-14-16-20/h20,23H,4-16H2,1-3H3/p+1. The maximum atomic E-state index is 11.1. The predicted molar refractivity (Wildman–Crippen MR) is 93.1 cm³/mol. The van der Waals surface area contributed by atoms with Gasteiger partial charge in [-0.25, -0.2) is 4.79 Å². The smallest absolute Gasteiger partial charge is 0.395 e. The summed E-state index contributed by atoms with van der Waals surface area (Å²) in [4.78, 5) is 11.1. The molecule has 5 nitrogen and oxygen atoms in total. The first kappa shape index (κ1) is 22.4. The molecule has 0 aromatic rings. The van der Waals surface area contributed by atoms with Gasteiger partial charge in [-0.15, -0.1) is 0 Å². The highest BCUT2D eigenvalue weighted by Gasteiger charge is 2.46. The predicted octanol–water partition coefficient (Wildman–Crippen LogP) is 3.14. The number of quaternary nitrogens is 1. The first-order valence-electron chi connectivity index (χ1n) is 9.15. The van der Waals surface area contributed by atoms with Crippen molar-refractivity contribution in [2.75, 3.05) is 27.2 Å². The topological polar surface area (TPSA) is 77.8 Å². The number of unbranched alkanes of at least 4 members (excludes halogenated alkanes) is 10. The molecule has 0 saturated carbocycles. The Morgan fingerprint density at radius 1 is 0.826 bits per heavy atom. The molecule has 0 aliphatic rings. The first-order chi connectivity index (χ1) is 10.8. The third-order valence-corrected chi connectivity index (χ3v) is 4.96. The number of rotatable bonds is 15. The summed E-state index contributed by atoms with van der Waals surface area (Å²) in [6.45, 7) is 2.36. The number of carbonyl (C=O) groups is 1. The molecule has 0 saturated heterocycles. The Morgan fingerprint density at radius 2 is 1.17 bits per heavy atom. The SMILES string of the molecule is CC(O)(C(=O)O)[N+](C)(C)CCCCCCCCCCCCCO. The molecule has 3 N–H and O–H groups in total. The van der Waals surface area contributed by atoms with Gasteiger partial charge in [0.15, 0.2) is 0 Å². The molecule has 0 heterocycles. The molecule has 1 atom stereocenters. The molecule has 138 valence electrons. The lowest BCUT2D eigenvalue weighted by Gasteiger charge is -2.39. The van der Waals surface area contributed by atoms with Crippen LogP contribution in [0.15, 0.2) is 0 Å². The van der Waals surface area contributed by atoms with E-state index in [-0.39, 0.29) is 4.48 Å². The van der Waals surface area contributed by atoms with Gasteiger partial charge in [-0.3, -0.25) is 4.48 Å². The largest absolute Gasteiger partial charge is 0.475 e. The number of hydrogen-bond donors (Lipinski definition) is 3. The summed E-state index contributed by atoms with van der Waals surface area (Å²) in [5.41, 5.74) is -1.73. The average molecular weight is 333 g/mol. The molecule has 0 aromatic heterocycles. The second-order valence-corrected chi connectivity index (χ2v) is 7.35. The minimum absolute atomic E-state index is 0.0934. The van der Waals surface area contributed by atoms with E-state index in [1.165, 1.54) is 51.9 Å². The van der Waals surface area contributed by atoms with Crippen molar-refractivity contribution in [3.05, 3.63) is 0 Å². The Bertz CT molecular complexity index is 316. The van der Waals surface area contributed by atoms with Crippen molar-refractivity contribution in [3.8, 4) is 0 Å². The van der Waals surface area contributed by atoms with Crippen LogP contribution in [-0.4, -0.2) is 58.7 Å². The van der Waals surface area contributed by atoms with Crippen molar-refractivity contribution in [1.82, 2.24) is 0 Å². The van der Waals surface area contributed by atoms with Gasteiger partial charge in [0, 0.05) is 13.5 Å². The van der Waals surface area contributed by atoms with Crippen LogP contribution in [0.3, 0.4) is 0 Å². The number of aliphatic hydroxyl groups excluding tert-OH is 1. The molecule has 0 radical (unpaired) electrons. The summed E-state index contributed by atoms with van der Waals surface area (Å²) in [6, 6.07) is 0. The third-order valence-electron chi connectivity index (χ3n) is 4.96. The van der Waals surface area contributed by atoms with Gasteiger partial charge in [0.2, 0.25) is 0 Å². The number of carboxylic acid groups (broad SMARTS) is 1. The van der Waals surface area contributed by atoms with Gasteiger partial charge in [-0.1, -0.05) is 51.4 Å². The van der Waals surface area contributed by atoms with E-state index in [1.54, 1.807) is 14.1 Å². The quantitative estimate of drug-likeness (QED) is 0.245. The zero-order valence-corrected chi connectivity index (χ0v) is 15.4. The van der Waals surface area contributed by atoms with Gasteiger partial charge in [0.05, 0.1) is 20.6 Å². The van der Waals surface area contributed by atoms with Crippen LogP contribution < -0.4 is 0 Å². The van der Waals surface area contributed by atoms with Gasteiger partial charge in [0.1, 0.15) is 0 Å². The zero-order chi connectivity index (χ0) is 17.8. The molecule has 0 aliphatic heterocycles. The fourth-order valence-corrected chi connectivity index (χ4v) is 2.69. The lowest BCUT2D eigenvalue weighted by molar-refractivity contribution is -0.954. The normalized spacial score (nSPS) is 14.7. The molecule has 23 heavy (non-hydrogen) atoms. The van der Waals surface area contributed by atoms with Crippen molar-refractivity contribution < 1.29 is 24.6 Å². The van der Waals surface area contributed by atoms with Crippen LogP contribution in [0.1, 0.15) is 77.6 Å². The molecule has 5 heteroatoms. The van der Waals surface area contributed by atoms with Crippen LogP contribution >= 0.6 is 0 Å². The molecular weight excluding hydrogens is 294 g/mol. The lowest BCUT2D eigenvalue weighted by atomic mass is 10.1. The minimum atomic E-state index is -1.73. The summed E-state index contributed by atoms with van der Waals surface area (Å²) in [5, 5.41) is 27.8. The Hall–Kier alpha value is -0.650. The molecule has 0 aliphatic carbocycles. The Morgan fingerprint density at radius 3 is 1.52 bits per heavy atom. The second-order valence-electron chi connectivity index (χ2n) is 7.35. The number of hydrogen-bond acceptors (Lipinski definition) is 3. The minimum Gasteiger partial charge on any atom is -0.475 e. The van der Waals surface area contributed by atoms with E-state index >= 15 is 0 Å². The van der Waals surface area contributed by atoms with E-state index in [0.717, 1.165) is 25.7 Å². The van der Waals surface area contributed by atoms with Crippen LogP contribution in [0.4, 0.5) is 0 Å². The monoisotopic (exact) mass is 332 g/mol. The Kier molecular flexibility index (Phi) is 11.5. The van der Waals surface area contributed by atoms with Crippen molar-refractivity contribution in [1.29, 1.82) is 0 Å². The molecular formula is C18H38NO4+. The molecule has 0 aromatic carbocycles. The van der Waals surface area contributed by atoms with E-state index in [9.17, 15) is 9.90 Å². The number of aliphatic hydroxyl groups is 2. The average Bonchev–Trinajstić information content (AvgIpc) is 2.48. The number of carboxylic acids is 1. The van der Waals surface area contributed by atoms with Gasteiger partial charge in [-0.2, -0.15) is 0 Å². The highest BCUT2D eigenvalue weighted by molar-refractivity contribution is 5.74. The number of nitrogens with zero attached hydrogens (tertiary/aromatic N) is 1. The fraction of sp³-hybridized carbons (Fsp3) is 0.944. The number of likely N-dealkylation sites (N-methyl/N-ethyl adjacent to an activating group) is 1. The highest BCUT2D eigenvalue weighted by Crippen LogP contribution is 2.20. The second kappa shape index (κ2) is 11.8. The van der Waals surface area contributed by atoms with Crippen molar-refractivity contribution in [3.63, 3.8) is 0 Å². The zero-order valence-electron chi connectivity index (χ0n) is 15.4. The molecule has 0 fully saturated rings. The maximum absolute atomic E-state index is 11.1. The summed E-state index contributed by atoms with van der Waals surface area (Å²) < 4.78 is 0.0934. The van der Waals surface area contributed by atoms with Crippen LogP contribution in [0.2, 0.25) is 0 Å². The van der Waals surface area contributed by atoms with E-state index in [1.807, 2.05) is 0 Å². The molecule has 0 bridgehead atoms. The van der Waals surface area contributed by atoms with Crippen molar-refractivity contribution in [2.45, 2.75) is 83.3 Å². The lowest BCUT2D eigenvalue weighted by Crippen LogP contribution is -2.62. The molecule has 1 unspecified atom stereocenters. The van der Waals surface area contributed by atoms with Crippen molar-refractivity contribution in [2.24, 2.45) is 0 Å². The van der Waals surface area contributed by atoms with Gasteiger partial charge < -0.3 is 15.3 Å². The first-order valence-corrected chi connectivity index (χ1v) is 9.15. The summed E-state index contributed by atoms with van der Waals surface area (Å²) in [6.07, 6.45) is 12.9. The van der Waals surface area contributed by atoms with Gasteiger partial charge >= 0.3 is 5.97 Å². The summed E-state index contributed by atoms with van der Waals surface area (Å²) >= 11 is 0. The van der Waals surface area contributed by atoms with E-state index in [0.29, 0.717) is 13.2 Å². The van der Waals surface area contributed by atoms with Gasteiger partial charge in [0.25, 0.3) is 5.72 Å². The summed E-state index contributed by atoms with van der Waals surface area (Å²) in [7, 11) is 3.54. The van der Waals surface area contributed by atoms with E-state index < -0.39 is 11.7 Å². The highest BCUT2D eigenvalue weighted by atomic mass is 16.4. The third kappa shape index (κ3) is 9.28. The Balaban J connectivity index is 3.54. The number of aliphatic carboxylic acids is 1. The molecule has 0 spiro atoms. The van der Waals surface area contributed by atoms with Crippen LogP contribution in [-0.2, 0) is 4.79 Å².